The van der Waals surface area contributed by atoms with Crippen LogP contribution < -0.4 is 5.72 Å². The fourth-order valence-corrected chi connectivity index (χ4v) is 0.0280. The molecule has 1 heteroatoms. The number of hydrogen-bond donors (Lipinski definition) is 1. The first-order valence-corrected chi connectivity index (χ1v) is 0.974. The first-order chi connectivity index (χ1) is 6.69. The second-order valence-electron chi connectivity index (χ2n) is 0.362. The van der Waals surface area contributed by atoms with Crippen molar-refractivity contribution < 1.29 is 15.2 Å². The van der Waals surface area contributed by atoms with Gasteiger partial charge in [0, 0.05) is 12.3 Å². The van der Waals surface area contributed by atoms with Gasteiger partial charge in [0.15, 0.2) is 0 Å². The molecule has 2 N–H and O–H groups in total. The third-order valence-corrected chi connectivity index (χ3v) is 0.118. The summed E-state index contributed by atoms with van der Waals surface area (Å²) in [5.74, 6) is 0. The highest BCUT2D eigenvalue weighted by molar-refractivity contribution is 4.29. The van der Waals surface area contributed by atoms with Crippen molar-refractivity contribution in [3.05, 3.63) is 0 Å². The van der Waals surface area contributed by atoms with Crippen molar-refractivity contribution >= 4 is 0 Å². The molecule has 0 amide bonds. The van der Waals surface area contributed by atoms with Crippen LogP contribution in [-0.4, -0.2) is 6.50 Å². The van der Waals surface area contributed by atoms with Gasteiger partial charge in [0.2, 0.25) is 0 Å². The van der Waals surface area contributed by atoms with Gasteiger partial charge in [-0.1, -0.05) is 13.2 Å². The molecule has 0 rings (SSSR count). The topological polar surface area (TPSA) is 26.0 Å². The van der Waals surface area contributed by atoms with Gasteiger partial charge < -0.3 is 5.72 Å². The first kappa shape index (κ1) is 0.348. The lowest BCUT2D eigenvalue weighted by atomic mass is 10.3. The van der Waals surface area contributed by atoms with Crippen molar-refractivity contribution in [3.63, 3.8) is 0 Å². The monoisotopic (exact) mass is 84.2 g/mol. The standard InChI is InChI=1S/C4H11N/c1-2-3-4-5/h2-5H2,1H3/i1D3,2D2,3D2,4D2/hD2. The minimum absolute atomic E-state index is 0.684. The number of nitrogens with two attached hydrogens (primary N) is 1. The Morgan fingerprint density at radius 3 is 4.00 bits per heavy atom. The molecule has 0 aromatic carbocycles. The molecule has 0 fully saturated rings. The van der Waals surface area contributed by atoms with E-state index in [1.165, 1.54) is 0 Å². The zero-order valence-electron chi connectivity index (χ0n) is 13.4. The lowest BCUT2D eigenvalue weighted by molar-refractivity contribution is 0.807. The summed E-state index contributed by atoms with van der Waals surface area (Å²) in [5.41, 5.74) is -0.684. The van der Waals surface area contributed by atoms with Crippen molar-refractivity contribution in [2.75, 3.05) is 6.50 Å². The summed E-state index contributed by atoms with van der Waals surface area (Å²) >= 11 is 0. The zero-order valence-corrected chi connectivity index (χ0v) is 2.45. The minimum Gasteiger partial charge on any atom is -0.330 e. The first-order valence-electron chi connectivity index (χ1n) is 6.37. The van der Waals surface area contributed by atoms with Gasteiger partial charge in [0.05, 0.1) is 0 Å². The van der Waals surface area contributed by atoms with Gasteiger partial charge in [0.25, 0.3) is 0 Å². The summed E-state index contributed by atoms with van der Waals surface area (Å²) in [5, 5.41) is 0. The van der Waals surface area contributed by atoms with Crippen LogP contribution in [0.1, 0.15) is 31.9 Å². The Morgan fingerprint density at radius 1 is 2.40 bits per heavy atom. The molecule has 0 aliphatic carbocycles. The smallest absolute Gasteiger partial charge is 0.118 e. The fraction of sp³-hybridized carbons (Fsp3) is 1.00. The maximum atomic E-state index is 7.19. The SMILES string of the molecule is [2H]N([2H])C([2H])([2H])C([2H])([2H])C([2H])([2H])C([2H])([2H])[2H]. The Morgan fingerprint density at radius 2 is 3.40 bits per heavy atom. The van der Waals surface area contributed by atoms with Crippen LogP contribution in [0.15, 0.2) is 0 Å². The van der Waals surface area contributed by atoms with Crippen LogP contribution in [-0.2, 0) is 0 Å². The molecule has 0 unspecified atom stereocenters. The van der Waals surface area contributed by atoms with Gasteiger partial charge >= 0.3 is 0 Å². The van der Waals surface area contributed by atoms with Crippen LogP contribution in [0, 0.1) is 0 Å². The van der Waals surface area contributed by atoms with Gasteiger partial charge in [-0.3, -0.25) is 0 Å². The maximum absolute atomic E-state index is 7.19. The lowest BCUT2D eigenvalue weighted by Gasteiger charge is -1.80. The highest BCUT2D eigenvalue weighted by Crippen LogP contribution is 1.77. The summed E-state index contributed by atoms with van der Waals surface area (Å²) in [6.07, 6.45) is -7.07. The Bertz CT molecular complexity index is 251. The molecule has 0 saturated carbocycles. The summed E-state index contributed by atoms with van der Waals surface area (Å²) in [7, 11) is 0. The quantitative estimate of drug-likeness (QED) is 0.536. The van der Waals surface area contributed by atoms with Crippen LogP contribution in [0.4, 0.5) is 0 Å². The molecule has 0 saturated heterocycles. The van der Waals surface area contributed by atoms with Crippen LogP contribution in [0.5, 0.6) is 0 Å². The average Bonchev–Trinajstić information content (AvgIpc) is 2.00. The van der Waals surface area contributed by atoms with Crippen LogP contribution in [0.2, 0.25) is 2.82 Å². The van der Waals surface area contributed by atoms with Crippen molar-refractivity contribution in [2.24, 2.45) is 5.72 Å². The van der Waals surface area contributed by atoms with E-state index in [9.17, 15) is 0 Å². The van der Waals surface area contributed by atoms with E-state index in [1.54, 1.807) is 0 Å². The molecular formula is C4H11N. The molecule has 0 aliphatic rings. The molecule has 0 atom stereocenters. The molecule has 0 bridgehead atoms. The van der Waals surface area contributed by atoms with E-state index in [-0.39, 0.29) is 0 Å². The summed E-state index contributed by atoms with van der Waals surface area (Å²) < 4.78 is 76.6. The second-order valence-corrected chi connectivity index (χ2v) is 0.362. The molecular weight excluding hydrogens is 62.1 g/mol. The molecule has 0 aliphatic heterocycles. The van der Waals surface area contributed by atoms with Crippen molar-refractivity contribution in [1.29, 1.82) is 0 Å². The number of hydrogen-bond acceptors (Lipinski definition) is 1. The average molecular weight is 84.2 g/mol. The van der Waals surface area contributed by atoms with Gasteiger partial charge in [-0.15, -0.1) is 0 Å². The predicted molar refractivity (Wildman–Crippen MR) is 24.0 cm³/mol. The summed E-state index contributed by atoms with van der Waals surface area (Å²) in [6, 6.07) is 0. The Kier molecular flexibility index (Phi) is 0.275. The molecule has 0 aromatic heterocycles. The van der Waals surface area contributed by atoms with E-state index in [1.807, 2.05) is 0 Å². The molecule has 0 aromatic rings. The lowest BCUT2D eigenvalue weighted by Crippen LogP contribution is -1.95. The van der Waals surface area contributed by atoms with Crippen molar-refractivity contribution in [3.8, 4) is 0 Å². The summed E-state index contributed by atoms with van der Waals surface area (Å²) in [4.78, 5) is 0. The van der Waals surface area contributed by atoms with E-state index in [4.69, 9.17) is 15.2 Å². The van der Waals surface area contributed by atoms with Gasteiger partial charge in [-0.05, 0) is 12.9 Å². The fourth-order valence-electron chi connectivity index (χ4n) is 0.0280. The van der Waals surface area contributed by atoms with E-state index in [0.717, 1.165) is 0 Å². The molecule has 0 spiro atoms. The van der Waals surface area contributed by atoms with Gasteiger partial charge in [-0.2, -0.15) is 0 Å². The Balaban J connectivity index is 5.53. The van der Waals surface area contributed by atoms with Gasteiger partial charge in [0.1, 0.15) is 2.82 Å². The predicted octanol–water partition coefficient (Wildman–Crippen LogP) is 0.745. The molecule has 32 valence electrons. The van der Waals surface area contributed by atoms with E-state index in [0.29, 0.717) is 0 Å². The van der Waals surface area contributed by atoms with Crippen LogP contribution in [0.25, 0.3) is 0 Å². The van der Waals surface area contributed by atoms with Crippen LogP contribution in [0.3, 0.4) is 0 Å². The number of rotatable bonds is 3. The highest BCUT2D eigenvalue weighted by atomic mass is 14.5. The van der Waals surface area contributed by atoms with Crippen LogP contribution >= 0.6 is 0 Å². The summed E-state index contributed by atoms with van der Waals surface area (Å²) in [6.45, 7) is -6.80. The highest BCUT2D eigenvalue weighted by Gasteiger charge is 1.67. The zero-order chi connectivity index (χ0) is 13.6. The molecule has 1 nitrogen and oxygen atoms in total. The van der Waals surface area contributed by atoms with Crippen molar-refractivity contribution in [1.82, 2.24) is 0 Å². The largest absolute Gasteiger partial charge is 0.330 e. The second kappa shape index (κ2) is 3.96. The van der Waals surface area contributed by atoms with E-state index < -0.39 is 31.8 Å². The molecule has 0 heterocycles. The third-order valence-electron chi connectivity index (χ3n) is 0.118. The maximum Gasteiger partial charge on any atom is 0.118 e. The van der Waals surface area contributed by atoms with E-state index in [2.05, 4.69) is 0 Å². The Labute approximate surface area is 48.7 Å². The normalized spacial score (nSPS) is 52.6. The van der Waals surface area contributed by atoms with Crippen molar-refractivity contribution in [2.45, 2.75) is 19.6 Å². The Hall–Kier alpha value is -0.0400. The molecule has 5 heavy (non-hydrogen) atoms. The third kappa shape index (κ3) is 3.96. The van der Waals surface area contributed by atoms with E-state index >= 15 is 0 Å². The van der Waals surface area contributed by atoms with Gasteiger partial charge in [-0.25, -0.2) is 0 Å². The minimum atomic E-state index is -3.55. The molecule has 0 radical (unpaired) electrons.